The number of rotatable bonds is 8. The lowest BCUT2D eigenvalue weighted by Gasteiger charge is -2.36. The Kier molecular flexibility index (Phi) is 8.69. The van der Waals surface area contributed by atoms with Gasteiger partial charge in [0.05, 0.1) is 10.8 Å². The summed E-state index contributed by atoms with van der Waals surface area (Å²) in [5.74, 6) is 0. The zero-order valence-electron chi connectivity index (χ0n) is 34.8. The largest absolute Gasteiger partial charge is 0.310 e. The van der Waals surface area contributed by atoms with Crippen LogP contribution in [-0.2, 0) is 10.8 Å². The quantitative estimate of drug-likeness (QED) is 0.148. The molecule has 1 nitrogen and oxygen atoms in total. The van der Waals surface area contributed by atoms with Gasteiger partial charge >= 0.3 is 0 Å². The monoisotopic (exact) mass is 801 g/mol. The summed E-state index contributed by atoms with van der Waals surface area (Å²) in [5.41, 5.74) is 19.9. The van der Waals surface area contributed by atoms with Gasteiger partial charge in [-0.05, 0) is 114 Å². The molecular weight excluding hydrogens is 759 g/mol. The lowest BCUT2D eigenvalue weighted by Crippen LogP contribution is -2.29. The summed E-state index contributed by atoms with van der Waals surface area (Å²) in [6.07, 6.45) is 0. The molecule has 0 aliphatic heterocycles. The molecule has 12 rings (SSSR count). The minimum absolute atomic E-state index is 0.525. The summed E-state index contributed by atoms with van der Waals surface area (Å²) >= 11 is 0. The maximum atomic E-state index is 2.48. The molecule has 0 unspecified atom stereocenters. The minimum atomic E-state index is -0.525. The van der Waals surface area contributed by atoms with Crippen molar-refractivity contribution in [3.8, 4) is 33.4 Å². The number of hydrogen-bond donors (Lipinski definition) is 0. The van der Waals surface area contributed by atoms with Crippen LogP contribution in [0.15, 0.2) is 261 Å². The molecule has 0 spiro atoms. The van der Waals surface area contributed by atoms with Crippen molar-refractivity contribution in [2.45, 2.75) is 10.8 Å². The lowest BCUT2D eigenvalue weighted by atomic mass is 9.67. The fourth-order valence-corrected chi connectivity index (χ4v) is 11.0. The van der Waals surface area contributed by atoms with Gasteiger partial charge in [-0.15, -0.1) is 0 Å². The molecule has 296 valence electrons. The summed E-state index contributed by atoms with van der Waals surface area (Å²) in [5, 5.41) is 0. The van der Waals surface area contributed by atoms with Crippen molar-refractivity contribution in [3.05, 3.63) is 305 Å². The van der Waals surface area contributed by atoms with Crippen LogP contribution in [0.5, 0.6) is 0 Å². The van der Waals surface area contributed by atoms with Gasteiger partial charge < -0.3 is 4.90 Å². The Labute approximate surface area is 369 Å². The zero-order chi connectivity index (χ0) is 41.8. The number of hydrogen-bond acceptors (Lipinski definition) is 1. The van der Waals surface area contributed by atoms with Gasteiger partial charge in [0.1, 0.15) is 0 Å². The molecule has 0 amide bonds. The van der Waals surface area contributed by atoms with Crippen molar-refractivity contribution in [2.75, 3.05) is 4.90 Å². The van der Waals surface area contributed by atoms with E-state index < -0.39 is 10.8 Å². The van der Waals surface area contributed by atoms with Crippen LogP contribution in [0.2, 0.25) is 0 Å². The molecule has 10 aromatic carbocycles. The first-order chi connectivity index (χ1) is 31.3. The van der Waals surface area contributed by atoms with Crippen LogP contribution in [0.3, 0.4) is 0 Å². The standard InChI is InChI=1S/C62H43N/c1-6-20-44(21-7-1)45-34-36-50(37-35-45)63(51-38-40-55-53-30-16-18-32-57(53)61(59(55)42-51,46-22-8-2-9-23-46)47-24-10-3-11-25-47)52-39-41-56-54-31-17-19-33-58(54)62(60(56)43-52,48-26-12-4-13-27-48)49-28-14-5-15-29-49/h1-43H. The molecule has 0 fully saturated rings. The molecule has 0 heterocycles. The predicted octanol–water partition coefficient (Wildman–Crippen LogP) is 15.5. The summed E-state index contributed by atoms with van der Waals surface area (Å²) < 4.78 is 0. The van der Waals surface area contributed by atoms with Crippen LogP contribution < -0.4 is 4.90 Å². The Morgan fingerprint density at radius 1 is 0.222 bits per heavy atom. The van der Waals surface area contributed by atoms with Crippen molar-refractivity contribution in [1.29, 1.82) is 0 Å². The van der Waals surface area contributed by atoms with Gasteiger partial charge in [-0.25, -0.2) is 0 Å². The molecule has 0 aromatic heterocycles. The van der Waals surface area contributed by atoms with Crippen molar-refractivity contribution < 1.29 is 0 Å². The van der Waals surface area contributed by atoms with Crippen LogP contribution in [0, 0.1) is 0 Å². The maximum absolute atomic E-state index is 2.48. The van der Waals surface area contributed by atoms with Crippen LogP contribution in [0.1, 0.15) is 44.5 Å². The first-order valence-corrected chi connectivity index (χ1v) is 21.9. The van der Waals surface area contributed by atoms with Gasteiger partial charge in [0.15, 0.2) is 0 Å². The highest BCUT2D eigenvalue weighted by Crippen LogP contribution is 2.59. The average Bonchev–Trinajstić information content (AvgIpc) is 3.83. The lowest BCUT2D eigenvalue weighted by molar-refractivity contribution is 0.767. The first kappa shape index (κ1) is 36.8. The summed E-state index contributed by atoms with van der Waals surface area (Å²) in [6, 6.07) is 96.5. The van der Waals surface area contributed by atoms with E-state index in [1.807, 2.05) is 0 Å². The number of anilines is 3. The topological polar surface area (TPSA) is 3.24 Å². The molecular formula is C62H43N. The van der Waals surface area contributed by atoms with E-state index in [0.717, 1.165) is 17.1 Å². The second-order valence-corrected chi connectivity index (χ2v) is 16.8. The first-order valence-electron chi connectivity index (χ1n) is 21.9. The fourth-order valence-electron chi connectivity index (χ4n) is 11.0. The fraction of sp³-hybridized carbons (Fsp3) is 0.0323. The minimum Gasteiger partial charge on any atom is -0.310 e. The third-order valence-corrected chi connectivity index (χ3v) is 13.6. The molecule has 0 bridgehead atoms. The van der Waals surface area contributed by atoms with Gasteiger partial charge in [-0.3, -0.25) is 0 Å². The second-order valence-electron chi connectivity index (χ2n) is 16.8. The Morgan fingerprint density at radius 2 is 0.524 bits per heavy atom. The van der Waals surface area contributed by atoms with E-state index in [1.54, 1.807) is 0 Å². The van der Waals surface area contributed by atoms with Crippen LogP contribution in [-0.4, -0.2) is 0 Å². The molecule has 0 saturated carbocycles. The Balaban J connectivity index is 1.13. The average molecular weight is 802 g/mol. The van der Waals surface area contributed by atoms with Gasteiger partial charge in [-0.2, -0.15) is 0 Å². The van der Waals surface area contributed by atoms with Crippen LogP contribution >= 0.6 is 0 Å². The van der Waals surface area contributed by atoms with E-state index in [2.05, 4.69) is 266 Å². The summed E-state index contributed by atoms with van der Waals surface area (Å²) in [6.45, 7) is 0. The van der Waals surface area contributed by atoms with Crippen molar-refractivity contribution in [1.82, 2.24) is 0 Å². The van der Waals surface area contributed by atoms with Crippen molar-refractivity contribution >= 4 is 17.1 Å². The van der Waals surface area contributed by atoms with E-state index in [0.29, 0.717) is 0 Å². The van der Waals surface area contributed by atoms with Crippen LogP contribution in [0.25, 0.3) is 33.4 Å². The van der Waals surface area contributed by atoms with Gasteiger partial charge in [-0.1, -0.05) is 224 Å². The number of fused-ring (bicyclic) bond motifs is 6. The predicted molar refractivity (Wildman–Crippen MR) is 261 cm³/mol. The SMILES string of the molecule is c1ccc(-c2ccc(N(c3ccc4c(c3)C(c3ccccc3)(c3ccccc3)c3ccccc3-4)c3ccc4c(c3)C(c3ccccc3)(c3ccccc3)c3ccccc3-4)cc2)cc1. The highest BCUT2D eigenvalue weighted by atomic mass is 15.1. The van der Waals surface area contributed by atoms with E-state index in [-0.39, 0.29) is 0 Å². The van der Waals surface area contributed by atoms with Crippen molar-refractivity contribution in [3.63, 3.8) is 0 Å². The molecule has 10 aromatic rings. The smallest absolute Gasteiger partial charge is 0.0714 e. The Morgan fingerprint density at radius 3 is 0.921 bits per heavy atom. The molecule has 2 aliphatic rings. The summed E-state index contributed by atoms with van der Waals surface area (Å²) in [4.78, 5) is 2.47. The van der Waals surface area contributed by atoms with Crippen LogP contribution in [0.4, 0.5) is 17.1 Å². The van der Waals surface area contributed by atoms with E-state index in [1.165, 1.54) is 77.9 Å². The van der Waals surface area contributed by atoms with E-state index >= 15 is 0 Å². The molecule has 0 atom stereocenters. The van der Waals surface area contributed by atoms with Gasteiger partial charge in [0.2, 0.25) is 0 Å². The Hall–Kier alpha value is -8.00. The Bertz CT molecular complexity index is 2990. The normalized spacial score (nSPS) is 13.7. The maximum Gasteiger partial charge on any atom is 0.0714 e. The number of benzene rings is 10. The molecule has 63 heavy (non-hydrogen) atoms. The third kappa shape index (κ3) is 5.56. The zero-order valence-corrected chi connectivity index (χ0v) is 34.8. The van der Waals surface area contributed by atoms with Gasteiger partial charge in [0, 0.05) is 17.1 Å². The van der Waals surface area contributed by atoms with Gasteiger partial charge in [0.25, 0.3) is 0 Å². The van der Waals surface area contributed by atoms with Crippen molar-refractivity contribution in [2.24, 2.45) is 0 Å². The molecule has 2 aliphatic carbocycles. The molecule has 1 heteroatoms. The highest BCUT2D eigenvalue weighted by molar-refractivity contribution is 5.92. The third-order valence-electron chi connectivity index (χ3n) is 13.6. The number of nitrogens with zero attached hydrogens (tertiary/aromatic N) is 1. The molecule has 0 saturated heterocycles. The summed E-state index contributed by atoms with van der Waals surface area (Å²) in [7, 11) is 0. The van der Waals surface area contributed by atoms with E-state index in [4.69, 9.17) is 0 Å². The molecule has 0 radical (unpaired) electrons. The van der Waals surface area contributed by atoms with E-state index in [9.17, 15) is 0 Å². The highest BCUT2D eigenvalue weighted by Gasteiger charge is 2.48. The second kappa shape index (κ2) is 14.9. The molecule has 0 N–H and O–H groups in total.